The van der Waals surface area contributed by atoms with Crippen molar-refractivity contribution < 1.29 is 28.9 Å². The summed E-state index contributed by atoms with van der Waals surface area (Å²) in [6.45, 7) is 8.90. The van der Waals surface area contributed by atoms with Crippen LogP contribution in [0.15, 0.2) is 60.2 Å². The molecular weight excluding hydrogens is 564 g/mol. The number of rotatable bonds is 9. The Hall–Kier alpha value is -4.37. The molecule has 0 radical (unpaired) electrons. The molecule has 4 aromatic rings. The van der Waals surface area contributed by atoms with E-state index in [-0.39, 0.29) is 17.4 Å². The number of anilines is 1. The van der Waals surface area contributed by atoms with E-state index in [1.807, 2.05) is 51.1 Å². The lowest BCUT2D eigenvalue weighted by atomic mass is 9.94. The summed E-state index contributed by atoms with van der Waals surface area (Å²) in [7, 11) is 0. The summed E-state index contributed by atoms with van der Waals surface area (Å²) < 4.78 is 18.7. The SMILES string of the molecule is CCCCOc1ccc([C@H]2C(=C(O)c3ccc4c(c3)C[C@@H](C)O4)C(=O)C(=O)N2c2nc3ccc(C)cc3s2)cc1OCC. The second-order valence-corrected chi connectivity index (χ2v) is 11.9. The zero-order valence-corrected chi connectivity index (χ0v) is 25.5. The van der Waals surface area contributed by atoms with Gasteiger partial charge in [-0.2, -0.15) is 0 Å². The second-order valence-electron chi connectivity index (χ2n) is 10.9. The number of ether oxygens (including phenoxy) is 3. The van der Waals surface area contributed by atoms with Gasteiger partial charge in [0, 0.05) is 12.0 Å². The Morgan fingerprint density at radius 2 is 1.91 bits per heavy atom. The number of aliphatic hydroxyl groups excluding tert-OH is 1. The summed E-state index contributed by atoms with van der Waals surface area (Å²) in [6, 6.07) is 15.7. The van der Waals surface area contributed by atoms with Crippen molar-refractivity contribution in [3.05, 3.63) is 82.4 Å². The van der Waals surface area contributed by atoms with E-state index in [1.54, 1.807) is 24.3 Å². The van der Waals surface area contributed by atoms with Crippen LogP contribution < -0.4 is 19.1 Å². The van der Waals surface area contributed by atoms with Gasteiger partial charge in [-0.25, -0.2) is 4.98 Å². The third-order valence-electron chi connectivity index (χ3n) is 7.69. The molecule has 0 bridgehead atoms. The van der Waals surface area contributed by atoms with Gasteiger partial charge in [-0.05, 0) is 86.3 Å². The van der Waals surface area contributed by atoms with Crippen LogP contribution in [-0.2, 0) is 16.0 Å². The molecule has 1 N–H and O–H groups in total. The van der Waals surface area contributed by atoms with E-state index in [2.05, 4.69) is 6.92 Å². The Labute approximate surface area is 254 Å². The number of amides is 1. The fraction of sp³-hybridized carbons (Fsp3) is 0.324. The molecule has 1 fully saturated rings. The van der Waals surface area contributed by atoms with Crippen LogP contribution in [0.25, 0.3) is 16.0 Å². The van der Waals surface area contributed by atoms with Crippen LogP contribution >= 0.6 is 11.3 Å². The number of aliphatic hydroxyl groups is 1. The predicted molar refractivity (Wildman–Crippen MR) is 167 cm³/mol. The lowest BCUT2D eigenvalue weighted by Crippen LogP contribution is -2.29. The van der Waals surface area contributed by atoms with Gasteiger partial charge in [0.25, 0.3) is 5.78 Å². The Morgan fingerprint density at radius 1 is 1.07 bits per heavy atom. The molecular formula is C34H34N2O6S. The Morgan fingerprint density at radius 3 is 2.70 bits per heavy atom. The molecule has 222 valence electrons. The van der Waals surface area contributed by atoms with Crippen LogP contribution in [0.2, 0.25) is 0 Å². The molecule has 2 aliphatic heterocycles. The third-order valence-corrected chi connectivity index (χ3v) is 8.71. The van der Waals surface area contributed by atoms with Gasteiger partial charge in [0.15, 0.2) is 16.6 Å². The first-order chi connectivity index (χ1) is 20.8. The van der Waals surface area contributed by atoms with Gasteiger partial charge >= 0.3 is 5.91 Å². The molecule has 43 heavy (non-hydrogen) atoms. The first-order valence-corrected chi connectivity index (χ1v) is 15.5. The van der Waals surface area contributed by atoms with Crippen molar-refractivity contribution >= 4 is 44.1 Å². The van der Waals surface area contributed by atoms with E-state index in [4.69, 9.17) is 19.2 Å². The average molecular weight is 599 g/mol. The molecule has 8 nitrogen and oxygen atoms in total. The summed E-state index contributed by atoms with van der Waals surface area (Å²) in [5, 5.41) is 12.1. The highest BCUT2D eigenvalue weighted by Crippen LogP contribution is 2.46. The molecule has 0 spiro atoms. The predicted octanol–water partition coefficient (Wildman–Crippen LogP) is 7.13. The highest BCUT2D eigenvalue weighted by Gasteiger charge is 2.48. The minimum atomic E-state index is -0.936. The number of hydrogen-bond donors (Lipinski definition) is 1. The standard InChI is InChI=1S/C34H34N2O6S/c1-5-7-14-41-26-13-9-21(18-27(26)40-6-2)30-29(31(37)22-10-12-25-23(17-22)16-20(4)42-25)32(38)33(39)36(30)34-35-24-11-8-19(3)15-28(24)43-34/h8-13,15,17-18,20,30,37H,5-7,14,16H2,1-4H3/t20-,30+/m1/s1. The number of unbranched alkanes of at least 4 members (excludes halogenated alkanes) is 1. The molecule has 0 aliphatic carbocycles. The van der Waals surface area contributed by atoms with Crippen LogP contribution in [0.5, 0.6) is 17.2 Å². The molecule has 1 saturated heterocycles. The fourth-order valence-electron chi connectivity index (χ4n) is 5.60. The number of thiazole rings is 1. The van der Waals surface area contributed by atoms with Crippen molar-refractivity contribution in [1.82, 2.24) is 4.98 Å². The van der Waals surface area contributed by atoms with E-state index >= 15 is 0 Å². The summed E-state index contributed by atoms with van der Waals surface area (Å²) >= 11 is 1.34. The van der Waals surface area contributed by atoms with E-state index in [0.717, 1.165) is 39.9 Å². The molecule has 9 heteroatoms. The van der Waals surface area contributed by atoms with E-state index in [0.29, 0.717) is 47.4 Å². The largest absolute Gasteiger partial charge is 0.507 e. The first-order valence-electron chi connectivity index (χ1n) is 14.7. The summed E-state index contributed by atoms with van der Waals surface area (Å²) in [4.78, 5) is 33.7. The summed E-state index contributed by atoms with van der Waals surface area (Å²) in [6.07, 6.45) is 2.61. The average Bonchev–Trinajstić information content (AvgIpc) is 3.65. The van der Waals surface area contributed by atoms with Crippen LogP contribution in [-0.4, -0.2) is 41.1 Å². The minimum absolute atomic E-state index is 0.00514. The maximum atomic E-state index is 13.8. The molecule has 1 aromatic heterocycles. The summed E-state index contributed by atoms with van der Waals surface area (Å²) in [5.41, 5.74) is 3.78. The molecule has 6 rings (SSSR count). The van der Waals surface area contributed by atoms with Crippen LogP contribution in [0, 0.1) is 6.92 Å². The molecule has 0 unspecified atom stereocenters. The van der Waals surface area contributed by atoms with Crippen LogP contribution in [0.4, 0.5) is 5.13 Å². The van der Waals surface area contributed by atoms with Gasteiger partial charge in [-0.15, -0.1) is 0 Å². The highest BCUT2D eigenvalue weighted by molar-refractivity contribution is 7.22. The van der Waals surface area contributed by atoms with Crippen molar-refractivity contribution in [1.29, 1.82) is 0 Å². The smallest absolute Gasteiger partial charge is 0.301 e. The number of ketones is 1. The number of benzene rings is 3. The molecule has 2 aliphatic rings. The number of aromatic nitrogens is 1. The monoisotopic (exact) mass is 598 g/mol. The number of hydrogen-bond acceptors (Lipinski definition) is 8. The number of nitrogens with zero attached hydrogens (tertiary/aromatic N) is 2. The minimum Gasteiger partial charge on any atom is -0.507 e. The Kier molecular flexibility index (Phi) is 7.83. The van der Waals surface area contributed by atoms with Gasteiger partial charge in [0.2, 0.25) is 0 Å². The third kappa shape index (κ3) is 5.33. The molecule has 1 amide bonds. The quantitative estimate of drug-likeness (QED) is 0.0947. The van der Waals surface area contributed by atoms with Gasteiger partial charge in [0.05, 0.1) is 35.0 Å². The maximum absolute atomic E-state index is 13.8. The van der Waals surface area contributed by atoms with E-state index in [1.165, 1.54) is 16.2 Å². The van der Waals surface area contributed by atoms with E-state index < -0.39 is 17.7 Å². The van der Waals surface area contributed by atoms with Crippen molar-refractivity contribution in [2.75, 3.05) is 18.1 Å². The second kappa shape index (κ2) is 11.7. The fourth-order valence-corrected chi connectivity index (χ4v) is 6.69. The van der Waals surface area contributed by atoms with Crippen molar-refractivity contribution in [3.63, 3.8) is 0 Å². The number of carbonyl (C=O) groups is 2. The van der Waals surface area contributed by atoms with Crippen molar-refractivity contribution in [3.8, 4) is 17.2 Å². The lowest BCUT2D eigenvalue weighted by molar-refractivity contribution is -0.132. The number of aryl methyl sites for hydroxylation is 1. The maximum Gasteiger partial charge on any atom is 0.301 e. The Balaban J connectivity index is 1.51. The van der Waals surface area contributed by atoms with Crippen molar-refractivity contribution in [2.45, 2.75) is 59.1 Å². The molecule has 0 saturated carbocycles. The van der Waals surface area contributed by atoms with Gasteiger partial charge in [0.1, 0.15) is 17.6 Å². The number of fused-ring (bicyclic) bond motifs is 2. The normalized spacial score (nSPS) is 19.1. The Bertz CT molecular complexity index is 1760. The van der Waals surface area contributed by atoms with E-state index in [9.17, 15) is 14.7 Å². The van der Waals surface area contributed by atoms with Crippen molar-refractivity contribution in [2.24, 2.45) is 0 Å². The molecule has 3 aromatic carbocycles. The van der Waals surface area contributed by atoms with Crippen LogP contribution in [0.1, 0.15) is 61.9 Å². The zero-order valence-electron chi connectivity index (χ0n) is 24.7. The molecule has 2 atom stereocenters. The first kappa shape index (κ1) is 28.7. The van der Waals surface area contributed by atoms with Gasteiger partial charge in [-0.3, -0.25) is 14.5 Å². The lowest BCUT2D eigenvalue weighted by Gasteiger charge is -2.24. The topological polar surface area (TPSA) is 98.2 Å². The summed E-state index contributed by atoms with van der Waals surface area (Å²) in [5.74, 6) is 0.0766. The van der Waals surface area contributed by atoms with Gasteiger partial charge < -0.3 is 19.3 Å². The van der Waals surface area contributed by atoms with Crippen LogP contribution in [0.3, 0.4) is 0 Å². The zero-order chi connectivity index (χ0) is 30.2. The number of Topliss-reactive ketones (excluding diaryl/α,β-unsaturated/α-hetero) is 1. The van der Waals surface area contributed by atoms with Gasteiger partial charge in [-0.1, -0.05) is 36.8 Å². The number of carbonyl (C=O) groups excluding carboxylic acids is 2. The highest BCUT2D eigenvalue weighted by atomic mass is 32.1. The molecule has 3 heterocycles.